The number of rotatable bonds is 1. The molecule has 78 valence electrons. The van der Waals surface area contributed by atoms with Gasteiger partial charge < -0.3 is 4.90 Å². The Balaban J connectivity index is 1.85. The molecule has 0 spiro atoms. The molecule has 16 heavy (non-hydrogen) atoms. The lowest BCUT2D eigenvalue weighted by Gasteiger charge is -2.27. The lowest BCUT2D eigenvalue weighted by Crippen LogP contribution is -2.29. The van der Waals surface area contributed by atoms with E-state index in [0.717, 1.165) is 19.5 Å². The molecule has 1 heteroatoms. The van der Waals surface area contributed by atoms with Crippen LogP contribution in [0.3, 0.4) is 0 Å². The Morgan fingerprint density at radius 3 is 2.81 bits per heavy atom. The largest absolute Gasteiger partial charge is 0.315 e. The summed E-state index contributed by atoms with van der Waals surface area (Å²) in [5.41, 5.74) is 4.23. The predicted molar refractivity (Wildman–Crippen MR) is 65.6 cm³/mol. The molecule has 1 aromatic carbocycles. The fourth-order valence-electron chi connectivity index (χ4n) is 2.30. The van der Waals surface area contributed by atoms with E-state index in [9.17, 15) is 0 Å². The van der Waals surface area contributed by atoms with E-state index in [1.807, 2.05) is 6.08 Å². The van der Waals surface area contributed by atoms with E-state index < -0.39 is 0 Å². The van der Waals surface area contributed by atoms with Gasteiger partial charge >= 0.3 is 0 Å². The lowest BCUT2D eigenvalue weighted by atomic mass is 9.99. The molecule has 0 radical (unpaired) electrons. The quantitative estimate of drug-likeness (QED) is 0.641. The fourth-order valence-corrected chi connectivity index (χ4v) is 2.30. The molecule has 2 aliphatic rings. The third-order valence-electron chi connectivity index (χ3n) is 3.19. The van der Waals surface area contributed by atoms with Crippen molar-refractivity contribution in [3.8, 4) is 0 Å². The molecule has 0 amide bonds. The highest BCUT2D eigenvalue weighted by Gasteiger charge is 2.20. The van der Waals surface area contributed by atoms with E-state index in [4.69, 9.17) is 0 Å². The van der Waals surface area contributed by atoms with Crippen molar-refractivity contribution < 1.29 is 0 Å². The summed E-state index contributed by atoms with van der Waals surface area (Å²) in [5, 5.41) is 0. The van der Waals surface area contributed by atoms with Crippen molar-refractivity contribution in [2.24, 2.45) is 0 Å². The Morgan fingerprint density at radius 1 is 1.12 bits per heavy atom. The van der Waals surface area contributed by atoms with Gasteiger partial charge in [0.2, 0.25) is 0 Å². The Labute approximate surface area is 96.4 Å². The number of allylic oxidation sites excluding steroid dienone is 5. The molecule has 0 saturated carbocycles. The standard InChI is InChI=1S/C15H14N/c1-2-8-15(9-3-1)16-11-10-13-6-4-5-7-14(13)12-16/h1-2,4-9H,10-12H2/q+1. The maximum absolute atomic E-state index is 3.14. The van der Waals surface area contributed by atoms with Crippen LogP contribution in [-0.4, -0.2) is 11.4 Å². The van der Waals surface area contributed by atoms with E-state index in [-0.39, 0.29) is 0 Å². The summed E-state index contributed by atoms with van der Waals surface area (Å²) in [7, 11) is 0. The van der Waals surface area contributed by atoms with Crippen molar-refractivity contribution in [3.63, 3.8) is 0 Å². The predicted octanol–water partition coefficient (Wildman–Crippen LogP) is 2.86. The zero-order chi connectivity index (χ0) is 10.8. The minimum atomic E-state index is 1.02. The van der Waals surface area contributed by atoms with Gasteiger partial charge in [-0.05, 0) is 17.5 Å². The Morgan fingerprint density at radius 2 is 2.00 bits per heavy atom. The molecule has 1 aromatic rings. The highest BCUT2D eigenvalue weighted by Crippen LogP contribution is 2.22. The van der Waals surface area contributed by atoms with Gasteiger partial charge in [0.25, 0.3) is 0 Å². The Bertz CT molecular complexity index is 480. The Hall–Kier alpha value is -1.85. The molecular weight excluding hydrogens is 194 g/mol. The first-order chi connectivity index (χ1) is 7.93. The molecule has 0 fully saturated rings. The van der Waals surface area contributed by atoms with Gasteiger partial charge in [-0.25, -0.2) is 0 Å². The van der Waals surface area contributed by atoms with Crippen molar-refractivity contribution >= 4 is 0 Å². The zero-order valence-electron chi connectivity index (χ0n) is 9.19. The molecule has 0 N–H and O–H groups in total. The monoisotopic (exact) mass is 208 g/mol. The van der Waals surface area contributed by atoms with E-state index in [1.165, 1.54) is 16.8 Å². The van der Waals surface area contributed by atoms with Gasteiger partial charge in [-0.3, -0.25) is 0 Å². The average Bonchev–Trinajstić information content (AvgIpc) is 2.39. The van der Waals surface area contributed by atoms with E-state index in [2.05, 4.69) is 53.5 Å². The van der Waals surface area contributed by atoms with Gasteiger partial charge in [0.05, 0.1) is 12.6 Å². The van der Waals surface area contributed by atoms with Crippen LogP contribution in [0, 0.1) is 6.08 Å². The maximum Gasteiger partial charge on any atom is 0.149 e. The second kappa shape index (κ2) is 3.96. The summed E-state index contributed by atoms with van der Waals surface area (Å²) in [6, 6.07) is 8.72. The van der Waals surface area contributed by atoms with Crippen LogP contribution in [0.2, 0.25) is 0 Å². The number of hydrogen-bond donors (Lipinski definition) is 0. The lowest BCUT2D eigenvalue weighted by molar-refractivity contribution is 0.332. The van der Waals surface area contributed by atoms with Gasteiger partial charge in [0.1, 0.15) is 17.8 Å². The van der Waals surface area contributed by atoms with Crippen LogP contribution in [0.5, 0.6) is 0 Å². The van der Waals surface area contributed by atoms with E-state index in [1.54, 1.807) is 0 Å². The normalized spacial score (nSPS) is 17.8. The molecule has 1 nitrogen and oxygen atoms in total. The second-order valence-electron chi connectivity index (χ2n) is 4.20. The first-order valence-corrected chi connectivity index (χ1v) is 5.71. The van der Waals surface area contributed by atoms with Gasteiger partial charge in [0, 0.05) is 18.7 Å². The highest BCUT2D eigenvalue weighted by molar-refractivity contribution is 5.34. The van der Waals surface area contributed by atoms with Crippen LogP contribution in [0.25, 0.3) is 0 Å². The third kappa shape index (κ3) is 1.66. The molecule has 0 bridgehead atoms. The van der Waals surface area contributed by atoms with Crippen molar-refractivity contribution in [1.29, 1.82) is 0 Å². The zero-order valence-corrected chi connectivity index (χ0v) is 9.19. The average molecular weight is 208 g/mol. The molecule has 0 saturated heterocycles. The van der Waals surface area contributed by atoms with Crippen LogP contribution in [0.1, 0.15) is 11.1 Å². The van der Waals surface area contributed by atoms with Crippen LogP contribution in [-0.2, 0) is 13.0 Å². The number of hydrogen-bond acceptors (Lipinski definition) is 1. The fraction of sp³-hybridized carbons (Fsp3) is 0.200. The first kappa shape index (κ1) is 9.38. The van der Waals surface area contributed by atoms with Crippen molar-refractivity contribution in [3.05, 3.63) is 71.5 Å². The Kier molecular flexibility index (Phi) is 2.32. The van der Waals surface area contributed by atoms with E-state index >= 15 is 0 Å². The third-order valence-corrected chi connectivity index (χ3v) is 3.19. The molecule has 0 aromatic heterocycles. The minimum absolute atomic E-state index is 1.02. The van der Waals surface area contributed by atoms with Crippen molar-refractivity contribution in [2.75, 3.05) is 6.54 Å². The maximum atomic E-state index is 3.14. The molecule has 0 unspecified atom stereocenters. The molecule has 3 rings (SSSR count). The summed E-state index contributed by atoms with van der Waals surface area (Å²) >= 11 is 0. The topological polar surface area (TPSA) is 3.24 Å². The molecule has 1 aliphatic carbocycles. The summed E-state index contributed by atoms with van der Waals surface area (Å²) in [6.07, 6.45) is 12.5. The van der Waals surface area contributed by atoms with E-state index in [0.29, 0.717) is 0 Å². The van der Waals surface area contributed by atoms with Crippen LogP contribution in [0.4, 0.5) is 0 Å². The van der Waals surface area contributed by atoms with Gasteiger partial charge in [-0.15, -0.1) is 0 Å². The highest BCUT2D eigenvalue weighted by atomic mass is 15.1. The van der Waals surface area contributed by atoms with Gasteiger partial charge in [0.15, 0.2) is 0 Å². The first-order valence-electron chi connectivity index (χ1n) is 5.71. The van der Waals surface area contributed by atoms with Crippen molar-refractivity contribution in [2.45, 2.75) is 13.0 Å². The van der Waals surface area contributed by atoms with Gasteiger partial charge in [-0.2, -0.15) is 0 Å². The molecule has 1 heterocycles. The number of fused-ring (bicyclic) bond motifs is 1. The number of nitrogens with zero attached hydrogens (tertiary/aromatic N) is 1. The number of benzene rings is 1. The molecular formula is C15H14N+. The summed E-state index contributed by atoms with van der Waals surface area (Å²) in [5.74, 6) is 0. The van der Waals surface area contributed by atoms with Crippen LogP contribution in [0.15, 0.2) is 54.3 Å². The van der Waals surface area contributed by atoms with Crippen LogP contribution >= 0.6 is 0 Å². The summed E-state index contributed by atoms with van der Waals surface area (Å²) < 4.78 is 0. The van der Waals surface area contributed by atoms with Gasteiger partial charge in [-0.1, -0.05) is 24.3 Å². The van der Waals surface area contributed by atoms with Crippen molar-refractivity contribution in [1.82, 2.24) is 4.90 Å². The summed E-state index contributed by atoms with van der Waals surface area (Å²) in [4.78, 5) is 2.42. The molecule has 1 aliphatic heterocycles. The smallest absolute Gasteiger partial charge is 0.149 e. The summed E-state index contributed by atoms with van der Waals surface area (Å²) in [6.45, 7) is 2.13. The SMILES string of the molecule is [C+]1=CC(N2CCc3ccccc3C2)=CC=C1. The second-order valence-corrected chi connectivity index (χ2v) is 4.20. The van der Waals surface area contributed by atoms with Crippen LogP contribution < -0.4 is 0 Å². The molecule has 0 atom stereocenters. The minimum Gasteiger partial charge on any atom is -0.315 e.